The van der Waals surface area contributed by atoms with E-state index in [1.165, 1.54) is 5.56 Å². The molecule has 0 spiro atoms. The van der Waals surface area contributed by atoms with Crippen molar-refractivity contribution in [3.63, 3.8) is 0 Å². The average Bonchev–Trinajstić information content (AvgIpc) is 2.86. The quantitative estimate of drug-likeness (QED) is 0.304. The van der Waals surface area contributed by atoms with Gasteiger partial charge in [0, 0.05) is 0 Å². The zero-order valence-electron chi connectivity index (χ0n) is 18.4. The van der Waals surface area contributed by atoms with Crippen LogP contribution in [-0.2, 0) is 0 Å². The molecule has 5 aromatic carbocycles. The molecule has 0 bridgehead atoms. The maximum Gasteiger partial charge on any atom is 0.115 e. The summed E-state index contributed by atoms with van der Waals surface area (Å²) < 4.78 is 0. The fourth-order valence-electron chi connectivity index (χ4n) is 4.48. The van der Waals surface area contributed by atoms with Gasteiger partial charge in [0.15, 0.2) is 0 Å². The lowest BCUT2D eigenvalue weighted by atomic mass is 9.80. The van der Waals surface area contributed by atoms with E-state index >= 15 is 0 Å². The maximum atomic E-state index is 9.97. The number of benzene rings is 5. The SMILES string of the molecule is Cc1cc(-c2ccccc2)c(-c2ccc(O)cc2)c(-c2ccc(O)cc2)c1-c1ccccc1. The molecule has 5 aromatic rings. The lowest BCUT2D eigenvalue weighted by Gasteiger charge is -2.23. The predicted molar refractivity (Wildman–Crippen MR) is 136 cm³/mol. The maximum absolute atomic E-state index is 9.97. The van der Waals surface area contributed by atoms with E-state index in [2.05, 4.69) is 61.5 Å². The first kappa shape index (κ1) is 20.6. The average molecular weight is 429 g/mol. The highest BCUT2D eigenvalue weighted by molar-refractivity contribution is 6.02. The van der Waals surface area contributed by atoms with Crippen LogP contribution in [0.1, 0.15) is 5.56 Å². The molecule has 2 heteroatoms. The molecule has 0 amide bonds. The Labute approximate surface area is 194 Å². The second-order valence-corrected chi connectivity index (χ2v) is 8.19. The third-order valence-electron chi connectivity index (χ3n) is 5.98. The molecule has 0 saturated heterocycles. The first-order valence-electron chi connectivity index (χ1n) is 11.0. The molecule has 0 fully saturated rings. The fraction of sp³-hybridized carbons (Fsp3) is 0.0323. The topological polar surface area (TPSA) is 40.5 Å². The van der Waals surface area contributed by atoms with Crippen molar-refractivity contribution >= 4 is 0 Å². The minimum Gasteiger partial charge on any atom is -0.508 e. The molecule has 2 nitrogen and oxygen atoms in total. The lowest BCUT2D eigenvalue weighted by Crippen LogP contribution is -1.97. The van der Waals surface area contributed by atoms with Gasteiger partial charge in [-0.05, 0) is 81.3 Å². The van der Waals surface area contributed by atoms with Crippen LogP contribution < -0.4 is 0 Å². The Morgan fingerprint density at radius 3 is 1.36 bits per heavy atom. The van der Waals surface area contributed by atoms with Gasteiger partial charge in [-0.1, -0.05) is 91.0 Å². The van der Waals surface area contributed by atoms with E-state index in [1.807, 2.05) is 36.4 Å². The number of aromatic hydroxyl groups is 2. The van der Waals surface area contributed by atoms with Crippen molar-refractivity contribution in [3.05, 3.63) is 121 Å². The number of hydrogen-bond donors (Lipinski definition) is 2. The van der Waals surface area contributed by atoms with Gasteiger partial charge in [-0.15, -0.1) is 0 Å². The van der Waals surface area contributed by atoms with Crippen LogP contribution in [-0.4, -0.2) is 10.2 Å². The van der Waals surface area contributed by atoms with E-state index in [-0.39, 0.29) is 11.5 Å². The van der Waals surface area contributed by atoms with Gasteiger partial charge in [0.05, 0.1) is 0 Å². The summed E-state index contributed by atoms with van der Waals surface area (Å²) in [6.07, 6.45) is 0. The minimum atomic E-state index is 0.238. The van der Waals surface area contributed by atoms with Crippen LogP contribution in [0.2, 0.25) is 0 Å². The van der Waals surface area contributed by atoms with E-state index in [4.69, 9.17) is 0 Å². The van der Waals surface area contributed by atoms with Crippen LogP contribution in [0.15, 0.2) is 115 Å². The molecule has 0 atom stereocenters. The van der Waals surface area contributed by atoms with Crippen molar-refractivity contribution in [3.8, 4) is 56.0 Å². The highest BCUT2D eigenvalue weighted by Crippen LogP contribution is 2.47. The van der Waals surface area contributed by atoms with Crippen LogP contribution in [0, 0.1) is 6.92 Å². The Balaban J connectivity index is 1.95. The van der Waals surface area contributed by atoms with Gasteiger partial charge >= 0.3 is 0 Å². The number of hydrogen-bond acceptors (Lipinski definition) is 2. The summed E-state index contributed by atoms with van der Waals surface area (Å²) in [5.74, 6) is 0.476. The molecule has 160 valence electrons. The zero-order chi connectivity index (χ0) is 22.8. The van der Waals surface area contributed by atoms with E-state index in [1.54, 1.807) is 24.3 Å². The second kappa shape index (κ2) is 8.68. The molecular weight excluding hydrogens is 404 g/mol. The molecule has 0 aliphatic carbocycles. The highest BCUT2D eigenvalue weighted by atomic mass is 16.3. The molecule has 0 heterocycles. The van der Waals surface area contributed by atoms with Crippen molar-refractivity contribution in [2.75, 3.05) is 0 Å². The summed E-state index contributed by atoms with van der Waals surface area (Å²) in [6.45, 7) is 2.15. The number of phenols is 2. The number of rotatable bonds is 4. The molecule has 2 N–H and O–H groups in total. The minimum absolute atomic E-state index is 0.238. The summed E-state index contributed by atoms with van der Waals surface area (Å²) in [5.41, 5.74) is 9.96. The van der Waals surface area contributed by atoms with E-state index < -0.39 is 0 Å². The normalized spacial score (nSPS) is 10.8. The lowest BCUT2D eigenvalue weighted by molar-refractivity contribution is 0.475. The van der Waals surface area contributed by atoms with Crippen molar-refractivity contribution in [1.29, 1.82) is 0 Å². The Morgan fingerprint density at radius 2 is 0.848 bits per heavy atom. The van der Waals surface area contributed by atoms with Crippen molar-refractivity contribution < 1.29 is 10.2 Å². The van der Waals surface area contributed by atoms with E-state index in [0.29, 0.717) is 0 Å². The Bertz CT molecular complexity index is 1390. The van der Waals surface area contributed by atoms with Crippen LogP contribution in [0.25, 0.3) is 44.5 Å². The summed E-state index contributed by atoms with van der Waals surface area (Å²) in [4.78, 5) is 0. The predicted octanol–water partition coefficient (Wildman–Crippen LogP) is 8.07. The van der Waals surface area contributed by atoms with Crippen molar-refractivity contribution in [2.24, 2.45) is 0 Å². The van der Waals surface area contributed by atoms with Crippen molar-refractivity contribution in [2.45, 2.75) is 6.92 Å². The highest BCUT2D eigenvalue weighted by Gasteiger charge is 2.21. The number of aryl methyl sites for hydroxylation is 1. The van der Waals surface area contributed by atoms with Gasteiger partial charge in [0.25, 0.3) is 0 Å². The van der Waals surface area contributed by atoms with Gasteiger partial charge in [0.2, 0.25) is 0 Å². The molecule has 0 radical (unpaired) electrons. The smallest absolute Gasteiger partial charge is 0.115 e. The largest absolute Gasteiger partial charge is 0.508 e. The summed E-state index contributed by atoms with van der Waals surface area (Å²) in [5, 5.41) is 19.9. The zero-order valence-corrected chi connectivity index (χ0v) is 18.4. The van der Waals surface area contributed by atoms with Crippen LogP contribution in [0.3, 0.4) is 0 Å². The molecule has 0 saturated carbocycles. The molecular formula is C31H24O2. The first-order chi connectivity index (χ1) is 16.1. The summed E-state index contributed by atoms with van der Waals surface area (Å²) in [7, 11) is 0. The molecule has 5 rings (SSSR count). The Morgan fingerprint density at radius 1 is 0.424 bits per heavy atom. The Kier molecular flexibility index (Phi) is 5.42. The second-order valence-electron chi connectivity index (χ2n) is 8.19. The third kappa shape index (κ3) is 3.99. The Hall–Kier alpha value is -4.30. The van der Waals surface area contributed by atoms with Gasteiger partial charge < -0.3 is 10.2 Å². The molecule has 33 heavy (non-hydrogen) atoms. The summed E-state index contributed by atoms with van der Waals surface area (Å²) in [6, 6.07) is 37.8. The third-order valence-corrected chi connectivity index (χ3v) is 5.98. The standard InChI is InChI=1S/C31H24O2/c1-21-20-28(22-8-4-2-5-9-22)30(24-12-16-26(32)17-13-24)31(25-14-18-27(33)19-15-25)29(21)23-10-6-3-7-11-23/h2-20,32-33H,1H3. The van der Waals surface area contributed by atoms with E-state index in [9.17, 15) is 10.2 Å². The monoisotopic (exact) mass is 428 g/mol. The van der Waals surface area contributed by atoms with Gasteiger partial charge in [0.1, 0.15) is 11.5 Å². The van der Waals surface area contributed by atoms with Gasteiger partial charge in [-0.25, -0.2) is 0 Å². The van der Waals surface area contributed by atoms with Crippen molar-refractivity contribution in [1.82, 2.24) is 0 Å². The van der Waals surface area contributed by atoms with Crippen LogP contribution in [0.4, 0.5) is 0 Å². The van der Waals surface area contributed by atoms with E-state index in [0.717, 1.165) is 44.5 Å². The number of phenolic OH excluding ortho intramolecular Hbond substituents is 2. The van der Waals surface area contributed by atoms with Crippen LogP contribution in [0.5, 0.6) is 11.5 Å². The first-order valence-corrected chi connectivity index (χ1v) is 11.0. The van der Waals surface area contributed by atoms with Gasteiger partial charge in [-0.2, -0.15) is 0 Å². The summed E-state index contributed by atoms with van der Waals surface area (Å²) >= 11 is 0. The molecule has 0 unspecified atom stereocenters. The van der Waals surface area contributed by atoms with Crippen LogP contribution >= 0.6 is 0 Å². The van der Waals surface area contributed by atoms with Gasteiger partial charge in [-0.3, -0.25) is 0 Å². The fourth-order valence-corrected chi connectivity index (χ4v) is 4.48. The molecule has 0 aromatic heterocycles. The molecule has 0 aliphatic heterocycles. The molecule has 0 aliphatic rings.